The second kappa shape index (κ2) is 15.1. The molecule has 1 amide bonds. The maximum absolute atomic E-state index is 14.2. The summed E-state index contributed by atoms with van der Waals surface area (Å²) in [6.45, 7) is 15.9. The number of aromatic nitrogens is 4. The first-order valence-electron chi connectivity index (χ1n) is 16.6. The van der Waals surface area contributed by atoms with E-state index in [1.54, 1.807) is 30.1 Å². The molecule has 0 atom stereocenters. The highest BCUT2D eigenvalue weighted by Gasteiger charge is 2.51. The zero-order chi connectivity index (χ0) is 35.6. The van der Waals surface area contributed by atoms with Crippen molar-refractivity contribution in [2.45, 2.75) is 76.3 Å². The van der Waals surface area contributed by atoms with Crippen LogP contribution >= 0.6 is 15.9 Å². The third kappa shape index (κ3) is 9.24. The summed E-state index contributed by atoms with van der Waals surface area (Å²) in [5, 5.41) is 15.8. The Morgan fingerprint density at radius 2 is 1.69 bits per heavy atom. The Labute approximate surface area is 297 Å². The van der Waals surface area contributed by atoms with Crippen LogP contribution in [-0.4, -0.2) is 97.8 Å². The second-order valence-corrected chi connectivity index (χ2v) is 27.3. The molecule has 1 aliphatic carbocycles. The number of pyridine rings is 1. The Bertz CT molecular complexity index is 1770. The first kappa shape index (κ1) is 37.3. The van der Waals surface area contributed by atoms with E-state index in [0.717, 1.165) is 12.1 Å². The first-order chi connectivity index (χ1) is 23.1. The second-order valence-electron chi connectivity index (χ2n) is 15.3. The molecule has 0 spiro atoms. The first-order valence-corrected chi connectivity index (χ1v) is 24.8. The molecule has 49 heavy (non-hydrogen) atoms. The zero-order valence-electron chi connectivity index (χ0n) is 29.6. The van der Waals surface area contributed by atoms with E-state index >= 15 is 0 Å². The Morgan fingerprint density at radius 3 is 2.27 bits per heavy atom. The zero-order valence-corrected chi connectivity index (χ0v) is 33.1. The van der Waals surface area contributed by atoms with Crippen molar-refractivity contribution in [1.82, 2.24) is 24.5 Å². The minimum absolute atomic E-state index is 0.0232. The number of amides is 1. The molecule has 0 radical (unpaired) electrons. The van der Waals surface area contributed by atoms with Gasteiger partial charge in [0.1, 0.15) is 19.3 Å². The summed E-state index contributed by atoms with van der Waals surface area (Å²) >= 11 is 3.83. The molecular formula is C34H48BrFN6O5Si2. The number of methoxy groups -OCH3 is 1. The molecule has 1 fully saturated rings. The molecule has 0 bridgehead atoms. The average Bonchev–Trinajstić information content (AvgIpc) is 3.67. The molecular weight excluding hydrogens is 727 g/mol. The minimum Gasteiger partial charge on any atom is -0.465 e. The van der Waals surface area contributed by atoms with Crippen molar-refractivity contribution in [2.75, 3.05) is 45.3 Å². The molecule has 1 saturated carbocycles. The topological polar surface area (TPSA) is 115 Å². The van der Waals surface area contributed by atoms with E-state index in [-0.39, 0.29) is 25.8 Å². The number of anilines is 1. The number of hydrogen-bond donors (Lipinski definition) is 1. The number of carbonyl (C=O) groups is 1. The highest BCUT2D eigenvalue weighted by Crippen LogP contribution is 2.44. The Kier molecular flexibility index (Phi) is 11.5. The van der Waals surface area contributed by atoms with E-state index in [1.165, 1.54) is 17.0 Å². The number of ether oxygens (including phenoxy) is 3. The lowest BCUT2D eigenvalue weighted by molar-refractivity contribution is 0.0634. The lowest BCUT2D eigenvalue weighted by atomic mass is 10.1. The molecule has 1 aromatic carbocycles. The molecule has 5 rings (SSSR count). The highest BCUT2D eigenvalue weighted by atomic mass is 79.9. The summed E-state index contributed by atoms with van der Waals surface area (Å²) in [5.74, 6) is 0.282. The SMILES string of the molecule is COCC1(N(Cc2nc3c(-c4cnc5ccc(F)cc5c4)cnn3c(N(COCC[Si](C)(C)C)COCC[Si](C)(C)C)c2Br)C(=O)O)CC1. The standard InChI is InChI=1S/C34H48BrFN6O5Si2/c1-45-21-34(10-11-34)41(33(43)44)20-29-30(35)32(40(22-46-12-14-48(2,3)4)23-47-13-15-49(5,6)7)42-31(39-29)27(19-38-42)25-16-24-17-26(36)8-9-28(24)37-18-25/h8-9,16-19H,10-15,20-23H2,1-7H3,(H,43,44). The monoisotopic (exact) mass is 774 g/mol. The van der Waals surface area contributed by atoms with Crippen molar-refractivity contribution in [1.29, 1.82) is 0 Å². The summed E-state index contributed by atoms with van der Waals surface area (Å²) in [6, 6.07) is 8.36. The predicted molar refractivity (Wildman–Crippen MR) is 199 cm³/mol. The molecule has 15 heteroatoms. The molecule has 1 N–H and O–H groups in total. The Balaban J connectivity index is 1.62. The van der Waals surface area contributed by atoms with Crippen molar-refractivity contribution in [2.24, 2.45) is 0 Å². The van der Waals surface area contributed by atoms with Crippen molar-refractivity contribution in [3.63, 3.8) is 0 Å². The van der Waals surface area contributed by atoms with Gasteiger partial charge in [0.25, 0.3) is 0 Å². The van der Waals surface area contributed by atoms with Gasteiger partial charge in [0.2, 0.25) is 0 Å². The Hall–Kier alpha value is -2.96. The van der Waals surface area contributed by atoms with Crippen LogP contribution in [0.2, 0.25) is 51.4 Å². The van der Waals surface area contributed by atoms with Crippen molar-refractivity contribution < 1.29 is 28.5 Å². The van der Waals surface area contributed by atoms with Crippen LogP contribution in [0.25, 0.3) is 27.7 Å². The van der Waals surface area contributed by atoms with Gasteiger partial charge in [0.15, 0.2) is 11.5 Å². The lowest BCUT2D eigenvalue weighted by Crippen LogP contribution is -2.44. The molecule has 266 valence electrons. The van der Waals surface area contributed by atoms with Gasteiger partial charge in [0, 0.05) is 59.2 Å². The number of halogens is 2. The van der Waals surface area contributed by atoms with Crippen molar-refractivity contribution >= 4 is 60.5 Å². The van der Waals surface area contributed by atoms with Gasteiger partial charge in [-0.1, -0.05) is 39.3 Å². The van der Waals surface area contributed by atoms with Gasteiger partial charge in [-0.25, -0.2) is 14.2 Å². The van der Waals surface area contributed by atoms with Gasteiger partial charge >= 0.3 is 6.09 Å². The summed E-state index contributed by atoms with van der Waals surface area (Å²) in [7, 11) is -1.09. The van der Waals surface area contributed by atoms with Gasteiger partial charge in [-0.3, -0.25) is 9.88 Å². The van der Waals surface area contributed by atoms with Crippen LogP contribution in [0, 0.1) is 5.82 Å². The van der Waals surface area contributed by atoms with E-state index in [1.807, 2.05) is 11.0 Å². The third-order valence-corrected chi connectivity index (χ3v) is 12.9. The van der Waals surface area contributed by atoms with Gasteiger partial charge in [-0.15, -0.1) is 0 Å². The highest BCUT2D eigenvalue weighted by molar-refractivity contribution is 9.10. The summed E-state index contributed by atoms with van der Waals surface area (Å²) in [6.07, 6.45) is 3.81. The van der Waals surface area contributed by atoms with Crippen LogP contribution in [0.1, 0.15) is 18.5 Å². The average molecular weight is 776 g/mol. The fourth-order valence-electron chi connectivity index (χ4n) is 5.59. The summed E-state index contributed by atoms with van der Waals surface area (Å²) < 4.78 is 34.5. The van der Waals surface area contributed by atoms with Crippen LogP contribution in [0.4, 0.5) is 15.0 Å². The van der Waals surface area contributed by atoms with E-state index < -0.39 is 27.8 Å². The third-order valence-electron chi connectivity index (χ3n) is 8.73. The molecule has 0 unspecified atom stereocenters. The molecule has 4 aromatic rings. The van der Waals surface area contributed by atoms with E-state index in [2.05, 4.69) is 60.2 Å². The molecule has 0 saturated heterocycles. The van der Waals surface area contributed by atoms with Crippen LogP contribution < -0.4 is 4.90 Å². The van der Waals surface area contributed by atoms with Crippen molar-refractivity contribution in [3.05, 3.63) is 52.6 Å². The van der Waals surface area contributed by atoms with Gasteiger partial charge in [-0.2, -0.15) is 9.61 Å². The van der Waals surface area contributed by atoms with E-state index in [0.29, 0.717) is 76.3 Å². The number of nitrogens with zero attached hydrogens (tertiary/aromatic N) is 6. The predicted octanol–water partition coefficient (Wildman–Crippen LogP) is 7.94. The van der Waals surface area contributed by atoms with Crippen LogP contribution in [0.15, 0.2) is 41.1 Å². The van der Waals surface area contributed by atoms with Crippen LogP contribution in [-0.2, 0) is 20.8 Å². The van der Waals surface area contributed by atoms with Crippen molar-refractivity contribution in [3.8, 4) is 11.1 Å². The molecule has 0 aliphatic heterocycles. The number of fused-ring (bicyclic) bond motifs is 2. The Morgan fingerprint density at radius 1 is 1.04 bits per heavy atom. The van der Waals surface area contributed by atoms with Gasteiger partial charge < -0.3 is 24.2 Å². The number of rotatable bonds is 17. The number of hydrogen-bond acceptors (Lipinski definition) is 8. The number of carboxylic acid groups (broad SMARTS) is 1. The molecule has 3 aromatic heterocycles. The van der Waals surface area contributed by atoms with Gasteiger partial charge in [-0.05, 0) is 65.1 Å². The minimum atomic E-state index is -1.34. The summed E-state index contributed by atoms with van der Waals surface area (Å²) in [5.41, 5.74) is 2.46. The molecule has 11 nitrogen and oxygen atoms in total. The fourth-order valence-corrected chi connectivity index (χ4v) is 7.74. The molecule has 1 aliphatic rings. The smallest absolute Gasteiger partial charge is 0.408 e. The normalized spacial score (nSPS) is 14.5. The maximum atomic E-state index is 14.2. The quantitative estimate of drug-likeness (QED) is 0.0649. The summed E-state index contributed by atoms with van der Waals surface area (Å²) in [4.78, 5) is 25.7. The van der Waals surface area contributed by atoms with E-state index in [4.69, 9.17) is 24.3 Å². The van der Waals surface area contributed by atoms with E-state index in [9.17, 15) is 14.3 Å². The fraction of sp³-hybridized carbons (Fsp3) is 0.529. The lowest BCUT2D eigenvalue weighted by Gasteiger charge is -2.31. The molecule has 3 heterocycles. The van der Waals surface area contributed by atoms with Crippen LogP contribution in [0.5, 0.6) is 0 Å². The number of benzene rings is 1. The van der Waals surface area contributed by atoms with Crippen LogP contribution in [0.3, 0.4) is 0 Å². The largest absolute Gasteiger partial charge is 0.465 e. The van der Waals surface area contributed by atoms with Gasteiger partial charge in [0.05, 0.1) is 40.6 Å². The maximum Gasteiger partial charge on any atom is 0.408 e.